The van der Waals surface area contributed by atoms with Crippen LogP contribution in [0.5, 0.6) is 0 Å². The number of nitrogens with zero attached hydrogens (tertiary/aromatic N) is 3. The third-order valence-electron chi connectivity index (χ3n) is 4.20. The molecule has 1 N–H and O–H groups in total. The van der Waals surface area contributed by atoms with E-state index in [1.807, 2.05) is 22.4 Å². The predicted octanol–water partition coefficient (Wildman–Crippen LogP) is 2.37. The average molecular weight is 331 g/mol. The van der Waals surface area contributed by atoms with Crippen molar-refractivity contribution in [2.45, 2.75) is 25.7 Å². The Morgan fingerprint density at radius 2 is 2.22 bits per heavy atom. The fraction of sp³-hybridized carbons (Fsp3) is 0.471. The summed E-state index contributed by atoms with van der Waals surface area (Å²) < 4.78 is 0. The van der Waals surface area contributed by atoms with E-state index in [2.05, 4.69) is 9.97 Å². The largest absolute Gasteiger partial charge is 0.396 e. The quantitative estimate of drug-likeness (QED) is 0.913. The molecule has 23 heavy (non-hydrogen) atoms. The molecule has 1 unspecified atom stereocenters. The Morgan fingerprint density at radius 3 is 3.00 bits per heavy atom. The molecule has 1 atom stereocenters. The van der Waals surface area contributed by atoms with Gasteiger partial charge in [-0.25, -0.2) is 4.98 Å². The number of pyridine rings is 1. The van der Waals surface area contributed by atoms with Crippen molar-refractivity contribution in [2.75, 3.05) is 19.7 Å². The molecule has 2 aromatic rings. The second kappa shape index (κ2) is 7.66. The smallest absolute Gasteiger partial charge is 0.222 e. The highest BCUT2D eigenvalue weighted by molar-refractivity contribution is 7.13. The number of carbonyl (C=O) groups excluding carboxylic acids is 1. The normalized spacial score (nSPS) is 18.1. The molecule has 1 amide bonds. The van der Waals surface area contributed by atoms with Crippen LogP contribution in [0.15, 0.2) is 29.9 Å². The molecule has 6 heteroatoms. The number of carbonyl (C=O) groups is 1. The summed E-state index contributed by atoms with van der Waals surface area (Å²) in [7, 11) is 0. The molecule has 0 radical (unpaired) electrons. The minimum atomic E-state index is 0.168. The first-order valence-electron chi connectivity index (χ1n) is 7.99. The van der Waals surface area contributed by atoms with Gasteiger partial charge < -0.3 is 10.0 Å². The molecule has 0 aliphatic carbocycles. The predicted molar refractivity (Wildman–Crippen MR) is 90.1 cm³/mol. The summed E-state index contributed by atoms with van der Waals surface area (Å²) in [5.41, 5.74) is 2.02. The van der Waals surface area contributed by atoms with Gasteiger partial charge in [-0.3, -0.25) is 9.78 Å². The highest BCUT2D eigenvalue weighted by Crippen LogP contribution is 2.24. The summed E-state index contributed by atoms with van der Waals surface area (Å²) in [6, 6.07) is 3.88. The van der Waals surface area contributed by atoms with Gasteiger partial charge in [-0.05, 0) is 37.3 Å². The second-order valence-corrected chi connectivity index (χ2v) is 6.77. The Hall–Kier alpha value is -1.79. The van der Waals surface area contributed by atoms with Crippen LogP contribution in [-0.4, -0.2) is 45.6 Å². The van der Waals surface area contributed by atoms with Crippen molar-refractivity contribution in [1.82, 2.24) is 14.9 Å². The lowest BCUT2D eigenvalue weighted by atomic mass is 9.98. The van der Waals surface area contributed by atoms with Crippen LogP contribution in [0.3, 0.4) is 0 Å². The van der Waals surface area contributed by atoms with Crippen molar-refractivity contribution >= 4 is 17.2 Å². The van der Waals surface area contributed by atoms with Crippen molar-refractivity contribution in [2.24, 2.45) is 5.92 Å². The molecule has 2 aromatic heterocycles. The molecule has 0 spiro atoms. The summed E-state index contributed by atoms with van der Waals surface area (Å²) in [5, 5.41) is 12.2. The lowest BCUT2D eigenvalue weighted by molar-refractivity contribution is -0.133. The first-order chi connectivity index (χ1) is 11.3. The van der Waals surface area contributed by atoms with Crippen molar-refractivity contribution < 1.29 is 9.90 Å². The Kier molecular flexibility index (Phi) is 5.35. The summed E-state index contributed by atoms with van der Waals surface area (Å²) in [6.07, 6.45) is 6.67. The second-order valence-electron chi connectivity index (χ2n) is 5.91. The van der Waals surface area contributed by atoms with Gasteiger partial charge in [-0.2, -0.15) is 0 Å². The SMILES string of the molecule is O=C(CCc1csc(-c2ccncc2)n1)N1CCCC(CO)C1. The number of aromatic nitrogens is 2. The maximum atomic E-state index is 12.3. The standard InChI is InChI=1S/C17H21N3O2S/c21-11-13-2-1-9-20(10-13)16(22)4-3-15-12-23-17(19-15)14-5-7-18-8-6-14/h5-8,12-13,21H,1-4,9-11H2. The van der Waals surface area contributed by atoms with E-state index in [9.17, 15) is 9.90 Å². The summed E-state index contributed by atoms with van der Waals surface area (Å²) in [5.74, 6) is 0.409. The Bertz CT molecular complexity index is 644. The van der Waals surface area contributed by atoms with Gasteiger partial charge >= 0.3 is 0 Å². The maximum absolute atomic E-state index is 12.3. The minimum absolute atomic E-state index is 0.168. The molecule has 3 heterocycles. The molecule has 3 rings (SSSR count). The number of hydrogen-bond donors (Lipinski definition) is 1. The van der Waals surface area contributed by atoms with Crippen LogP contribution in [0.1, 0.15) is 25.0 Å². The lowest BCUT2D eigenvalue weighted by Crippen LogP contribution is -2.41. The van der Waals surface area contributed by atoms with Crippen LogP contribution >= 0.6 is 11.3 Å². The third kappa shape index (κ3) is 4.14. The minimum Gasteiger partial charge on any atom is -0.396 e. The van der Waals surface area contributed by atoms with Crippen LogP contribution in [0.25, 0.3) is 10.6 Å². The number of piperidine rings is 1. The number of rotatable bonds is 5. The number of thiazole rings is 1. The van der Waals surface area contributed by atoms with Crippen LogP contribution in [-0.2, 0) is 11.2 Å². The Balaban J connectivity index is 1.54. The van der Waals surface area contributed by atoms with Crippen molar-refractivity contribution in [1.29, 1.82) is 0 Å². The molecule has 1 saturated heterocycles. The van der Waals surface area contributed by atoms with E-state index in [4.69, 9.17) is 0 Å². The van der Waals surface area contributed by atoms with Gasteiger partial charge in [-0.15, -0.1) is 11.3 Å². The number of likely N-dealkylation sites (tertiary alicyclic amines) is 1. The van der Waals surface area contributed by atoms with E-state index < -0.39 is 0 Å². The van der Waals surface area contributed by atoms with Gasteiger partial charge in [0.25, 0.3) is 0 Å². The number of aryl methyl sites for hydroxylation is 1. The summed E-state index contributed by atoms with van der Waals surface area (Å²) >= 11 is 1.60. The van der Waals surface area contributed by atoms with E-state index in [1.165, 1.54) is 0 Å². The number of aliphatic hydroxyl groups excluding tert-OH is 1. The number of hydrogen-bond acceptors (Lipinski definition) is 5. The molecule has 1 fully saturated rings. The molecule has 0 aromatic carbocycles. The van der Waals surface area contributed by atoms with Gasteiger partial charge in [0.2, 0.25) is 5.91 Å². The lowest BCUT2D eigenvalue weighted by Gasteiger charge is -2.31. The van der Waals surface area contributed by atoms with Crippen molar-refractivity contribution in [3.63, 3.8) is 0 Å². The third-order valence-corrected chi connectivity index (χ3v) is 5.14. The fourth-order valence-corrected chi connectivity index (χ4v) is 3.74. The fourth-order valence-electron chi connectivity index (χ4n) is 2.88. The van der Waals surface area contributed by atoms with Crippen LogP contribution in [0, 0.1) is 5.92 Å². The number of aliphatic hydroxyl groups is 1. The van der Waals surface area contributed by atoms with Gasteiger partial charge in [-0.1, -0.05) is 0 Å². The molecule has 0 bridgehead atoms. The molecule has 1 aliphatic heterocycles. The van der Waals surface area contributed by atoms with Gasteiger partial charge in [0.1, 0.15) is 5.01 Å². The van der Waals surface area contributed by atoms with Crippen LogP contribution in [0.2, 0.25) is 0 Å². The molecule has 5 nitrogen and oxygen atoms in total. The molecule has 1 aliphatic rings. The zero-order valence-corrected chi connectivity index (χ0v) is 13.8. The number of amides is 1. The van der Waals surface area contributed by atoms with Gasteiger partial charge in [0.15, 0.2) is 0 Å². The molecular formula is C17H21N3O2S. The van der Waals surface area contributed by atoms with E-state index >= 15 is 0 Å². The highest BCUT2D eigenvalue weighted by atomic mass is 32.1. The molecular weight excluding hydrogens is 310 g/mol. The average Bonchev–Trinajstić information content (AvgIpc) is 3.09. The van der Waals surface area contributed by atoms with Crippen molar-refractivity contribution in [3.05, 3.63) is 35.6 Å². The molecule has 0 saturated carbocycles. The van der Waals surface area contributed by atoms with E-state index in [0.29, 0.717) is 19.4 Å². The van der Waals surface area contributed by atoms with Gasteiger partial charge in [0, 0.05) is 49.5 Å². The van der Waals surface area contributed by atoms with E-state index in [1.54, 1.807) is 23.7 Å². The summed E-state index contributed by atoms with van der Waals surface area (Å²) in [6.45, 7) is 1.68. The van der Waals surface area contributed by atoms with Crippen LogP contribution in [0.4, 0.5) is 0 Å². The van der Waals surface area contributed by atoms with E-state index in [0.717, 1.165) is 35.7 Å². The van der Waals surface area contributed by atoms with Crippen LogP contribution < -0.4 is 0 Å². The van der Waals surface area contributed by atoms with E-state index in [-0.39, 0.29) is 18.4 Å². The topological polar surface area (TPSA) is 66.3 Å². The Morgan fingerprint density at radius 1 is 1.39 bits per heavy atom. The highest BCUT2D eigenvalue weighted by Gasteiger charge is 2.22. The maximum Gasteiger partial charge on any atom is 0.222 e. The summed E-state index contributed by atoms with van der Waals surface area (Å²) in [4.78, 5) is 22.8. The van der Waals surface area contributed by atoms with Gasteiger partial charge in [0.05, 0.1) is 5.69 Å². The zero-order chi connectivity index (χ0) is 16.1. The first kappa shape index (κ1) is 16.1. The zero-order valence-electron chi connectivity index (χ0n) is 13.0. The van der Waals surface area contributed by atoms with Crippen molar-refractivity contribution in [3.8, 4) is 10.6 Å². The first-order valence-corrected chi connectivity index (χ1v) is 8.87. The monoisotopic (exact) mass is 331 g/mol. The Labute approximate surface area is 140 Å². The molecule has 122 valence electrons.